The van der Waals surface area contributed by atoms with Gasteiger partial charge in [-0.05, 0) is 12.5 Å². The Bertz CT molecular complexity index is 1260. The Morgan fingerprint density at radius 2 is 1.64 bits per heavy atom. The number of ether oxygens (including phenoxy) is 2. The molecule has 0 radical (unpaired) electrons. The number of anilines is 2. The van der Waals surface area contributed by atoms with Crippen molar-refractivity contribution in [1.29, 1.82) is 0 Å². The molecule has 2 N–H and O–H groups in total. The average molecular weight is 453 g/mol. The highest BCUT2D eigenvalue weighted by Gasteiger charge is 2.21. The second-order valence-corrected chi connectivity index (χ2v) is 7.57. The molecule has 0 aliphatic carbocycles. The number of benzene rings is 2. The summed E-state index contributed by atoms with van der Waals surface area (Å²) in [4.78, 5) is 4.57. The summed E-state index contributed by atoms with van der Waals surface area (Å²) in [6, 6.07) is 9.41. The highest BCUT2D eigenvalue weighted by atomic mass is 19.1. The molecule has 0 bridgehead atoms. The molecular formula is C24H25F2N5O2. The van der Waals surface area contributed by atoms with E-state index in [9.17, 15) is 8.78 Å². The van der Waals surface area contributed by atoms with Gasteiger partial charge in [0.25, 0.3) is 0 Å². The van der Waals surface area contributed by atoms with Gasteiger partial charge in [-0.1, -0.05) is 29.8 Å². The van der Waals surface area contributed by atoms with Crippen molar-refractivity contribution in [3.05, 3.63) is 71.1 Å². The molecule has 0 aliphatic heterocycles. The summed E-state index contributed by atoms with van der Waals surface area (Å²) in [6.07, 6.45) is 3.41. The summed E-state index contributed by atoms with van der Waals surface area (Å²) in [6.45, 7) is 2.74. The van der Waals surface area contributed by atoms with Crippen LogP contribution in [-0.4, -0.2) is 36.0 Å². The molecule has 0 atom stereocenters. The third kappa shape index (κ3) is 4.26. The Hall–Kier alpha value is -3.88. The van der Waals surface area contributed by atoms with Gasteiger partial charge < -0.3 is 20.1 Å². The van der Waals surface area contributed by atoms with Gasteiger partial charge in [-0.15, -0.1) is 0 Å². The monoisotopic (exact) mass is 453 g/mol. The zero-order valence-corrected chi connectivity index (χ0v) is 18.9. The molecule has 0 unspecified atom stereocenters. The Labute approximate surface area is 190 Å². The summed E-state index contributed by atoms with van der Waals surface area (Å²) in [5, 5.41) is 11.3. The molecule has 2 heterocycles. The van der Waals surface area contributed by atoms with Crippen LogP contribution < -0.4 is 20.1 Å². The Morgan fingerprint density at radius 1 is 0.970 bits per heavy atom. The van der Waals surface area contributed by atoms with Crippen molar-refractivity contribution in [2.75, 3.05) is 31.9 Å². The number of hydrogen-bond donors (Lipinski definition) is 2. The molecule has 9 heteroatoms. The summed E-state index contributed by atoms with van der Waals surface area (Å²) < 4.78 is 41.2. The van der Waals surface area contributed by atoms with Crippen LogP contribution in [0.2, 0.25) is 0 Å². The number of aryl methyl sites for hydroxylation is 1. The lowest BCUT2D eigenvalue weighted by molar-refractivity contribution is 0.360. The van der Waals surface area contributed by atoms with Gasteiger partial charge in [0.15, 0.2) is 28.8 Å². The van der Waals surface area contributed by atoms with Crippen molar-refractivity contribution in [2.24, 2.45) is 0 Å². The molecule has 33 heavy (non-hydrogen) atoms. The molecule has 2 aromatic heterocycles. The maximum absolute atomic E-state index is 14.7. The number of aromatic nitrogens is 3. The maximum atomic E-state index is 14.7. The highest BCUT2D eigenvalue weighted by Crippen LogP contribution is 2.35. The molecule has 0 saturated heterocycles. The topological polar surface area (TPSA) is 73.2 Å². The second-order valence-electron chi connectivity index (χ2n) is 7.57. The van der Waals surface area contributed by atoms with Crippen molar-refractivity contribution in [3.63, 3.8) is 0 Å². The van der Waals surface area contributed by atoms with Gasteiger partial charge in [-0.25, -0.2) is 18.4 Å². The van der Waals surface area contributed by atoms with Gasteiger partial charge in [0.2, 0.25) is 0 Å². The first-order valence-electron chi connectivity index (χ1n) is 10.4. The lowest BCUT2D eigenvalue weighted by atomic mass is 10.1. The van der Waals surface area contributed by atoms with E-state index in [1.807, 2.05) is 11.6 Å². The van der Waals surface area contributed by atoms with Crippen LogP contribution in [0.15, 0.2) is 42.7 Å². The lowest BCUT2D eigenvalue weighted by Crippen LogP contribution is -2.09. The minimum absolute atomic E-state index is 0.115. The van der Waals surface area contributed by atoms with Crippen LogP contribution in [0.5, 0.6) is 11.5 Å². The van der Waals surface area contributed by atoms with Crippen molar-refractivity contribution in [3.8, 4) is 11.5 Å². The molecular weight excluding hydrogens is 428 g/mol. The van der Waals surface area contributed by atoms with Crippen molar-refractivity contribution in [2.45, 2.75) is 20.0 Å². The van der Waals surface area contributed by atoms with E-state index in [0.29, 0.717) is 12.2 Å². The smallest absolute Gasteiger partial charge is 0.191 e. The minimum atomic E-state index is -0.832. The number of halogens is 2. The number of fused-ring (bicyclic) bond motifs is 1. The standard InChI is InChI=1S/C24H25F2N5O2/c1-14-5-7-15(8-6-14)13-31-24-17(12-30-31)22(27-2)16(11-29-24)10-28-23-20(25)18(32-3)9-19(33-4)21(23)26/h5-9,11-12,28H,10,13H2,1-4H3,(H,27,29). The molecule has 0 saturated carbocycles. The molecule has 4 rings (SSSR count). The SMILES string of the molecule is CNc1c(CNc2c(F)c(OC)cc(OC)c2F)cnc2c1cnn2Cc1ccc(C)cc1. The van der Waals surface area contributed by atoms with E-state index < -0.39 is 11.6 Å². The number of nitrogens with zero attached hydrogens (tertiary/aromatic N) is 3. The third-order valence-electron chi connectivity index (χ3n) is 5.48. The summed E-state index contributed by atoms with van der Waals surface area (Å²) in [7, 11) is 4.40. The fourth-order valence-corrected chi connectivity index (χ4v) is 3.70. The van der Waals surface area contributed by atoms with Crippen LogP contribution in [0.4, 0.5) is 20.2 Å². The van der Waals surface area contributed by atoms with Crippen molar-refractivity contribution in [1.82, 2.24) is 14.8 Å². The van der Waals surface area contributed by atoms with Gasteiger partial charge in [-0.3, -0.25) is 0 Å². The van der Waals surface area contributed by atoms with E-state index >= 15 is 0 Å². The van der Waals surface area contributed by atoms with E-state index in [4.69, 9.17) is 9.47 Å². The molecule has 0 amide bonds. The Morgan fingerprint density at radius 3 is 2.24 bits per heavy atom. The van der Waals surface area contributed by atoms with E-state index in [-0.39, 0.29) is 23.7 Å². The van der Waals surface area contributed by atoms with Gasteiger partial charge in [0.1, 0.15) is 5.69 Å². The zero-order valence-electron chi connectivity index (χ0n) is 18.9. The van der Waals surface area contributed by atoms with Crippen molar-refractivity contribution < 1.29 is 18.3 Å². The molecule has 0 spiro atoms. The quantitative estimate of drug-likeness (QED) is 0.402. The Balaban J connectivity index is 1.64. The van der Waals surface area contributed by atoms with E-state index in [1.165, 1.54) is 25.8 Å². The normalized spacial score (nSPS) is 11.0. The van der Waals surface area contributed by atoms with E-state index in [1.54, 1.807) is 19.4 Å². The van der Waals surface area contributed by atoms with Gasteiger partial charge in [-0.2, -0.15) is 5.10 Å². The second kappa shape index (κ2) is 9.32. The number of pyridine rings is 1. The maximum Gasteiger partial charge on any atom is 0.191 e. The van der Waals surface area contributed by atoms with E-state index in [2.05, 4.69) is 45.0 Å². The first kappa shape index (κ1) is 22.3. The zero-order chi connectivity index (χ0) is 23.5. The van der Waals surface area contributed by atoms with Crippen LogP contribution in [-0.2, 0) is 13.1 Å². The number of rotatable bonds is 8. The fraction of sp³-hybridized carbons (Fsp3) is 0.250. The van der Waals surface area contributed by atoms with E-state index in [0.717, 1.165) is 22.2 Å². The molecule has 4 aromatic rings. The summed E-state index contributed by atoms with van der Waals surface area (Å²) in [5.41, 5.74) is 4.19. The molecule has 2 aromatic carbocycles. The Kier molecular flexibility index (Phi) is 6.30. The average Bonchev–Trinajstić information content (AvgIpc) is 3.23. The number of hydrogen-bond acceptors (Lipinski definition) is 6. The number of methoxy groups -OCH3 is 2. The molecule has 172 valence electrons. The van der Waals surface area contributed by atoms with Crippen LogP contribution in [0.3, 0.4) is 0 Å². The van der Waals surface area contributed by atoms with Gasteiger partial charge in [0, 0.05) is 31.4 Å². The molecule has 0 aliphatic rings. The van der Waals surface area contributed by atoms with Crippen LogP contribution in [0.1, 0.15) is 16.7 Å². The summed E-state index contributed by atoms with van der Waals surface area (Å²) in [5.74, 6) is -1.89. The third-order valence-corrected chi connectivity index (χ3v) is 5.48. The summed E-state index contributed by atoms with van der Waals surface area (Å²) >= 11 is 0. The predicted molar refractivity (Wildman–Crippen MR) is 124 cm³/mol. The van der Waals surface area contributed by atoms with Gasteiger partial charge >= 0.3 is 0 Å². The van der Waals surface area contributed by atoms with Crippen molar-refractivity contribution >= 4 is 22.4 Å². The highest BCUT2D eigenvalue weighted by molar-refractivity contribution is 5.90. The fourth-order valence-electron chi connectivity index (χ4n) is 3.70. The number of nitrogens with one attached hydrogen (secondary N) is 2. The van der Waals surface area contributed by atoms with Crippen LogP contribution in [0, 0.1) is 18.6 Å². The van der Waals surface area contributed by atoms with Gasteiger partial charge in [0.05, 0.1) is 38.0 Å². The first-order valence-corrected chi connectivity index (χ1v) is 10.4. The van der Waals surface area contributed by atoms with Crippen LogP contribution in [0.25, 0.3) is 11.0 Å². The molecule has 7 nitrogen and oxygen atoms in total. The lowest BCUT2D eigenvalue weighted by Gasteiger charge is -2.16. The van der Waals surface area contributed by atoms with Crippen LogP contribution >= 0.6 is 0 Å². The molecule has 0 fully saturated rings. The predicted octanol–water partition coefficient (Wildman–Crippen LogP) is 4.74. The largest absolute Gasteiger partial charge is 0.493 e. The minimum Gasteiger partial charge on any atom is -0.493 e. The first-order chi connectivity index (χ1) is 16.0.